The van der Waals surface area contributed by atoms with Crippen molar-refractivity contribution in [3.05, 3.63) is 0 Å². The van der Waals surface area contributed by atoms with E-state index < -0.39 is 0 Å². The van der Waals surface area contributed by atoms with Crippen molar-refractivity contribution in [3.63, 3.8) is 0 Å². The van der Waals surface area contributed by atoms with Crippen LogP contribution in [0.3, 0.4) is 0 Å². The van der Waals surface area contributed by atoms with Gasteiger partial charge in [-0.3, -0.25) is 0 Å². The Balaban J connectivity index is 1.86. The van der Waals surface area contributed by atoms with Gasteiger partial charge in [0.05, 0.1) is 6.10 Å². The molecule has 3 N–H and O–H groups in total. The summed E-state index contributed by atoms with van der Waals surface area (Å²) in [5, 5.41) is 16.9. The van der Waals surface area contributed by atoms with Gasteiger partial charge in [0.25, 0.3) is 0 Å². The molecule has 1 saturated carbocycles. The SMILES string of the molecule is CCC1(NC2CCC(O)CC2)CCCNC1. The Morgan fingerprint density at radius 2 is 2.06 bits per heavy atom. The molecule has 0 aromatic rings. The standard InChI is InChI=1S/C13H26N2O/c1-2-13(8-3-9-14-10-13)15-11-4-6-12(16)7-5-11/h11-12,14-16H,2-10H2,1H3. The van der Waals surface area contributed by atoms with Crippen LogP contribution in [-0.2, 0) is 0 Å². The molecule has 0 amide bonds. The first kappa shape index (κ1) is 12.3. The molecule has 2 fully saturated rings. The predicted octanol–water partition coefficient (Wildman–Crippen LogP) is 1.41. The molecule has 1 unspecified atom stereocenters. The quantitative estimate of drug-likeness (QED) is 0.682. The monoisotopic (exact) mass is 226 g/mol. The van der Waals surface area contributed by atoms with Crippen LogP contribution in [0, 0.1) is 0 Å². The van der Waals surface area contributed by atoms with Crippen molar-refractivity contribution in [2.24, 2.45) is 0 Å². The summed E-state index contributed by atoms with van der Waals surface area (Å²) < 4.78 is 0. The van der Waals surface area contributed by atoms with E-state index in [1.165, 1.54) is 25.8 Å². The van der Waals surface area contributed by atoms with E-state index >= 15 is 0 Å². The van der Waals surface area contributed by atoms with Crippen molar-refractivity contribution in [1.82, 2.24) is 10.6 Å². The van der Waals surface area contributed by atoms with Crippen molar-refractivity contribution in [3.8, 4) is 0 Å². The minimum absolute atomic E-state index is 0.0416. The Hall–Kier alpha value is -0.120. The first-order valence-corrected chi connectivity index (χ1v) is 6.90. The molecule has 16 heavy (non-hydrogen) atoms. The molecule has 0 radical (unpaired) electrons. The molecule has 1 atom stereocenters. The van der Waals surface area contributed by atoms with Crippen LogP contribution in [0.4, 0.5) is 0 Å². The van der Waals surface area contributed by atoms with Gasteiger partial charge >= 0.3 is 0 Å². The molecular formula is C13H26N2O. The lowest BCUT2D eigenvalue weighted by molar-refractivity contribution is 0.101. The predicted molar refractivity (Wildman–Crippen MR) is 66.5 cm³/mol. The molecule has 1 aliphatic carbocycles. The number of hydrogen-bond acceptors (Lipinski definition) is 3. The summed E-state index contributed by atoms with van der Waals surface area (Å²) >= 11 is 0. The van der Waals surface area contributed by atoms with Gasteiger partial charge < -0.3 is 15.7 Å². The summed E-state index contributed by atoms with van der Waals surface area (Å²) in [7, 11) is 0. The highest BCUT2D eigenvalue weighted by Gasteiger charge is 2.33. The van der Waals surface area contributed by atoms with Crippen LogP contribution < -0.4 is 10.6 Å². The molecule has 3 nitrogen and oxygen atoms in total. The molecule has 0 bridgehead atoms. The van der Waals surface area contributed by atoms with Gasteiger partial charge in [-0.15, -0.1) is 0 Å². The Morgan fingerprint density at radius 3 is 2.62 bits per heavy atom. The number of aliphatic hydroxyl groups excluding tert-OH is 1. The van der Waals surface area contributed by atoms with E-state index in [1.54, 1.807) is 0 Å². The lowest BCUT2D eigenvalue weighted by atomic mass is 9.84. The van der Waals surface area contributed by atoms with E-state index in [0.717, 1.165) is 32.2 Å². The third-order valence-electron chi connectivity index (χ3n) is 4.36. The molecule has 1 aliphatic heterocycles. The van der Waals surface area contributed by atoms with Crippen molar-refractivity contribution in [2.75, 3.05) is 13.1 Å². The van der Waals surface area contributed by atoms with Gasteiger partial charge in [0.2, 0.25) is 0 Å². The summed E-state index contributed by atoms with van der Waals surface area (Å²) in [6.07, 6.45) is 7.99. The van der Waals surface area contributed by atoms with Crippen LogP contribution in [0.1, 0.15) is 51.9 Å². The molecule has 2 aliphatic rings. The molecular weight excluding hydrogens is 200 g/mol. The van der Waals surface area contributed by atoms with Gasteiger partial charge in [0.15, 0.2) is 0 Å². The third-order valence-corrected chi connectivity index (χ3v) is 4.36. The van der Waals surface area contributed by atoms with Crippen molar-refractivity contribution in [2.45, 2.75) is 69.6 Å². The Morgan fingerprint density at radius 1 is 1.31 bits per heavy atom. The summed E-state index contributed by atoms with van der Waals surface area (Å²) in [6, 6.07) is 0.628. The molecule has 0 aromatic heterocycles. The average molecular weight is 226 g/mol. The van der Waals surface area contributed by atoms with Crippen LogP contribution in [0.25, 0.3) is 0 Å². The Kier molecular flexibility index (Phi) is 4.22. The maximum atomic E-state index is 9.51. The van der Waals surface area contributed by atoms with Gasteiger partial charge in [0.1, 0.15) is 0 Å². The van der Waals surface area contributed by atoms with Gasteiger partial charge in [-0.1, -0.05) is 6.92 Å². The van der Waals surface area contributed by atoms with Crippen molar-refractivity contribution < 1.29 is 5.11 Å². The fourth-order valence-corrected chi connectivity index (χ4v) is 3.15. The second-order valence-electron chi connectivity index (χ2n) is 5.56. The minimum atomic E-state index is -0.0416. The van der Waals surface area contributed by atoms with E-state index in [2.05, 4.69) is 17.6 Å². The first-order chi connectivity index (χ1) is 7.74. The normalized spacial score (nSPS) is 40.9. The summed E-state index contributed by atoms with van der Waals surface area (Å²) in [5.41, 5.74) is 0.325. The highest BCUT2D eigenvalue weighted by atomic mass is 16.3. The fourth-order valence-electron chi connectivity index (χ4n) is 3.15. The minimum Gasteiger partial charge on any atom is -0.393 e. The zero-order valence-electron chi connectivity index (χ0n) is 10.5. The van der Waals surface area contributed by atoms with Crippen LogP contribution in [-0.4, -0.2) is 35.9 Å². The average Bonchev–Trinajstić information content (AvgIpc) is 2.33. The maximum Gasteiger partial charge on any atom is 0.0541 e. The number of nitrogens with one attached hydrogen (secondary N) is 2. The summed E-state index contributed by atoms with van der Waals surface area (Å²) in [4.78, 5) is 0. The highest BCUT2D eigenvalue weighted by molar-refractivity contribution is 4.95. The summed E-state index contributed by atoms with van der Waals surface area (Å²) in [6.45, 7) is 4.58. The van der Waals surface area contributed by atoms with Gasteiger partial charge in [-0.05, 0) is 51.5 Å². The molecule has 1 saturated heterocycles. The lowest BCUT2D eigenvalue weighted by Crippen LogP contribution is -2.59. The zero-order chi connectivity index (χ0) is 11.4. The molecule has 0 aromatic carbocycles. The van der Waals surface area contributed by atoms with Crippen molar-refractivity contribution in [1.29, 1.82) is 0 Å². The fraction of sp³-hybridized carbons (Fsp3) is 1.00. The number of hydrogen-bond donors (Lipinski definition) is 3. The molecule has 2 rings (SSSR count). The second kappa shape index (κ2) is 5.48. The van der Waals surface area contributed by atoms with Crippen LogP contribution in [0.5, 0.6) is 0 Å². The van der Waals surface area contributed by atoms with Gasteiger partial charge in [0, 0.05) is 18.1 Å². The Bertz CT molecular complexity index is 206. The number of rotatable bonds is 3. The first-order valence-electron chi connectivity index (χ1n) is 6.90. The van der Waals surface area contributed by atoms with Gasteiger partial charge in [-0.2, -0.15) is 0 Å². The molecule has 0 spiro atoms. The van der Waals surface area contributed by atoms with Crippen molar-refractivity contribution >= 4 is 0 Å². The highest BCUT2D eigenvalue weighted by Crippen LogP contribution is 2.25. The summed E-state index contributed by atoms with van der Waals surface area (Å²) in [5.74, 6) is 0. The largest absolute Gasteiger partial charge is 0.393 e. The van der Waals surface area contributed by atoms with E-state index in [4.69, 9.17) is 0 Å². The van der Waals surface area contributed by atoms with E-state index in [-0.39, 0.29) is 6.10 Å². The van der Waals surface area contributed by atoms with Crippen LogP contribution in [0.15, 0.2) is 0 Å². The van der Waals surface area contributed by atoms with E-state index in [0.29, 0.717) is 11.6 Å². The topological polar surface area (TPSA) is 44.3 Å². The van der Waals surface area contributed by atoms with E-state index in [1.807, 2.05) is 0 Å². The van der Waals surface area contributed by atoms with Crippen LogP contribution >= 0.6 is 0 Å². The van der Waals surface area contributed by atoms with E-state index in [9.17, 15) is 5.11 Å². The maximum absolute atomic E-state index is 9.51. The smallest absolute Gasteiger partial charge is 0.0541 e. The Labute approximate surface area is 99.0 Å². The second-order valence-corrected chi connectivity index (χ2v) is 5.56. The number of aliphatic hydroxyl groups is 1. The zero-order valence-corrected chi connectivity index (χ0v) is 10.5. The molecule has 1 heterocycles. The van der Waals surface area contributed by atoms with Gasteiger partial charge in [-0.25, -0.2) is 0 Å². The lowest BCUT2D eigenvalue weighted by Gasteiger charge is -2.42. The van der Waals surface area contributed by atoms with Crippen LogP contribution in [0.2, 0.25) is 0 Å². The molecule has 94 valence electrons. The molecule has 3 heteroatoms. The third kappa shape index (κ3) is 2.96. The number of piperidine rings is 1.